The normalized spacial score (nSPS) is 21.4. The molecule has 1 aliphatic carbocycles. The number of amides is 2. The van der Waals surface area contributed by atoms with Crippen LogP contribution in [-0.2, 0) is 19.1 Å². The number of imide groups is 1. The number of hydrogen-bond acceptors (Lipinski definition) is 6. The number of ether oxygens (including phenoxy) is 2. The van der Waals surface area contributed by atoms with Gasteiger partial charge in [0.1, 0.15) is 0 Å². The molecule has 1 aromatic rings. The number of benzene rings is 1. The van der Waals surface area contributed by atoms with Crippen molar-refractivity contribution in [3.8, 4) is 0 Å². The van der Waals surface area contributed by atoms with E-state index in [1.165, 1.54) is 12.1 Å². The highest BCUT2D eigenvalue weighted by atomic mass is 16.5. The standard InChI is InChI=1S/C15H13NO6/c1-21-13(19)15(14(20)22-2)7-10(15)16-11(17)8-5-3-4-6-9(8)12(16)18/h3-6,10H,7H2,1-2H3. The molecule has 0 radical (unpaired) electrons. The third-order valence-electron chi connectivity index (χ3n) is 4.16. The van der Waals surface area contributed by atoms with Crippen LogP contribution in [0.25, 0.3) is 0 Å². The average Bonchev–Trinajstić information content (AvgIpc) is 3.23. The molecule has 1 saturated carbocycles. The Bertz CT molecular complexity index is 659. The number of methoxy groups -OCH3 is 2. The molecule has 0 bridgehead atoms. The van der Waals surface area contributed by atoms with Crippen LogP contribution >= 0.6 is 0 Å². The number of carbonyl (C=O) groups is 4. The molecule has 1 aromatic carbocycles. The van der Waals surface area contributed by atoms with Crippen LogP contribution in [0.5, 0.6) is 0 Å². The molecule has 0 saturated heterocycles. The van der Waals surface area contributed by atoms with Gasteiger partial charge in [-0.15, -0.1) is 0 Å². The molecule has 1 fully saturated rings. The quantitative estimate of drug-likeness (QED) is 0.456. The summed E-state index contributed by atoms with van der Waals surface area (Å²) in [5.74, 6) is -2.64. The Kier molecular flexibility index (Phi) is 3.01. The van der Waals surface area contributed by atoms with Gasteiger partial charge in [0.15, 0.2) is 5.41 Å². The van der Waals surface area contributed by atoms with Crippen LogP contribution in [0, 0.1) is 5.41 Å². The molecular formula is C15H13NO6. The summed E-state index contributed by atoms with van der Waals surface area (Å²) < 4.78 is 9.30. The minimum Gasteiger partial charge on any atom is -0.468 e. The van der Waals surface area contributed by atoms with E-state index >= 15 is 0 Å². The first-order valence-corrected chi connectivity index (χ1v) is 6.62. The Morgan fingerprint density at radius 2 is 1.50 bits per heavy atom. The maximum Gasteiger partial charge on any atom is 0.325 e. The molecule has 0 N–H and O–H groups in total. The summed E-state index contributed by atoms with van der Waals surface area (Å²) in [4.78, 5) is 49.7. The second-order valence-corrected chi connectivity index (χ2v) is 5.20. The van der Waals surface area contributed by atoms with E-state index in [0.717, 1.165) is 19.1 Å². The molecule has 7 heteroatoms. The van der Waals surface area contributed by atoms with Gasteiger partial charge in [-0.05, 0) is 18.6 Å². The predicted octanol–water partition coefficient (Wildman–Crippen LogP) is 0.387. The summed E-state index contributed by atoms with van der Waals surface area (Å²) in [6, 6.07) is 5.49. The fourth-order valence-electron chi connectivity index (χ4n) is 2.94. The van der Waals surface area contributed by atoms with Crippen molar-refractivity contribution in [2.24, 2.45) is 5.41 Å². The van der Waals surface area contributed by atoms with Crippen molar-refractivity contribution in [3.05, 3.63) is 35.4 Å². The van der Waals surface area contributed by atoms with Crippen LogP contribution in [0.15, 0.2) is 24.3 Å². The zero-order valence-electron chi connectivity index (χ0n) is 12.0. The summed E-state index contributed by atoms with van der Waals surface area (Å²) in [5, 5.41) is 0. The summed E-state index contributed by atoms with van der Waals surface area (Å²) in [5.41, 5.74) is -1.08. The maximum atomic E-state index is 12.4. The molecule has 2 aliphatic rings. The number of hydrogen-bond donors (Lipinski definition) is 0. The number of esters is 2. The fraction of sp³-hybridized carbons (Fsp3) is 0.333. The van der Waals surface area contributed by atoms with Gasteiger partial charge in [-0.1, -0.05) is 12.1 Å². The van der Waals surface area contributed by atoms with E-state index in [9.17, 15) is 19.2 Å². The molecule has 1 atom stereocenters. The van der Waals surface area contributed by atoms with Crippen molar-refractivity contribution in [1.29, 1.82) is 0 Å². The SMILES string of the molecule is COC(=O)C1(C(=O)OC)CC1N1C(=O)c2ccccc2C1=O. The molecule has 1 heterocycles. The Morgan fingerprint density at radius 1 is 1.05 bits per heavy atom. The maximum absolute atomic E-state index is 12.4. The number of nitrogens with zero attached hydrogens (tertiary/aromatic N) is 1. The summed E-state index contributed by atoms with van der Waals surface area (Å²) >= 11 is 0. The Labute approximate surface area is 125 Å². The first-order valence-electron chi connectivity index (χ1n) is 6.62. The lowest BCUT2D eigenvalue weighted by Gasteiger charge is -2.18. The molecule has 7 nitrogen and oxygen atoms in total. The molecule has 3 rings (SSSR count). The van der Waals surface area contributed by atoms with Gasteiger partial charge in [0.05, 0.1) is 31.4 Å². The van der Waals surface area contributed by atoms with Crippen LogP contribution in [-0.4, -0.2) is 48.9 Å². The predicted molar refractivity (Wildman–Crippen MR) is 71.8 cm³/mol. The van der Waals surface area contributed by atoms with Gasteiger partial charge in [0.2, 0.25) is 0 Å². The molecule has 1 unspecified atom stereocenters. The topological polar surface area (TPSA) is 90.0 Å². The van der Waals surface area contributed by atoms with Gasteiger partial charge in [-0.25, -0.2) is 0 Å². The number of rotatable bonds is 3. The molecular weight excluding hydrogens is 290 g/mol. The zero-order valence-corrected chi connectivity index (χ0v) is 12.0. The lowest BCUT2D eigenvalue weighted by atomic mass is 10.1. The van der Waals surface area contributed by atoms with E-state index in [1.807, 2.05) is 0 Å². The van der Waals surface area contributed by atoms with Crippen LogP contribution in [0.1, 0.15) is 27.1 Å². The van der Waals surface area contributed by atoms with E-state index in [4.69, 9.17) is 0 Å². The molecule has 0 aromatic heterocycles. The second kappa shape index (κ2) is 4.66. The van der Waals surface area contributed by atoms with Gasteiger partial charge in [-0.3, -0.25) is 24.1 Å². The second-order valence-electron chi connectivity index (χ2n) is 5.20. The van der Waals surface area contributed by atoms with Crippen LogP contribution < -0.4 is 0 Å². The smallest absolute Gasteiger partial charge is 0.325 e. The van der Waals surface area contributed by atoms with E-state index in [-0.39, 0.29) is 17.5 Å². The summed E-state index contributed by atoms with van der Waals surface area (Å²) in [7, 11) is 2.29. The first-order chi connectivity index (χ1) is 10.5. The first kappa shape index (κ1) is 14.2. The van der Waals surface area contributed by atoms with E-state index in [2.05, 4.69) is 9.47 Å². The molecule has 114 valence electrons. The Hall–Kier alpha value is -2.70. The summed E-state index contributed by atoms with van der Waals surface area (Å²) in [6.07, 6.45) is 0.0117. The van der Waals surface area contributed by atoms with Crippen LogP contribution in [0.2, 0.25) is 0 Å². The van der Waals surface area contributed by atoms with E-state index in [1.54, 1.807) is 12.1 Å². The van der Waals surface area contributed by atoms with Crippen LogP contribution in [0.3, 0.4) is 0 Å². The van der Waals surface area contributed by atoms with Gasteiger partial charge in [0.25, 0.3) is 11.8 Å². The molecule has 22 heavy (non-hydrogen) atoms. The van der Waals surface area contributed by atoms with Crippen molar-refractivity contribution in [2.75, 3.05) is 14.2 Å². The largest absolute Gasteiger partial charge is 0.468 e. The van der Waals surface area contributed by atoms with Gasteiger partial charge >= 0.3 is 11.9 Å². The van der Waals surface area contributed by atoms with Crippen molar-refractivity contribution in [2.45, 2.75) is 12.5 Å². The van der Waals surface area contributed by atoms with Gasteiger partial charge in [-0.2, -0.15) is 0 Å². The van der Waals surface area contributed by atoms with Gasteiger partial charge in [0, 0.05) is 0 Å². The van der Waals surface area contributed by atoms with Crippen molar-refractivity contribution < 1.29 is 28.7 Å². The highest BCUT2D eigenvalue weighted by Crippen LogP contribution is 2.53. The molecule has 0 spiro atoms. The number of fused-ring (bicyclic) bond motifs is 1. The van der Waals surface area contributed by atoms with E-state index in [0.29, 0.717) is 0 Å². The minimum atomic E-state index is -1.61. The number of carbonyl (C=O) groups excluding carboxylic acids is 4. The highest BCUT2D eigenvalue weighted by Gasteiger charge is 2.72. The lowest BCUT2D eigenvalue weighted by molar-refractivity contribution is -0.161. The van der Waals surface area contributed by atoms with Crippen molar-refractivity contribution >= 4 is 23.8 Å². The van der Waals surface area contributed by atoms with Gasteiger partial charge < -0.3 is 9.47 Å². The third-order valence-corrected chi connectivity index (χ3v) is 4.16. The Morgan fingerprint density at radius 3 is 1.91 bits per heavy atom. The minimum absolute atomic E-state index is 0.0117. The molecule has 1 aliphatic heterocycles. The van der Waals surface area contributed by atoms with Crippen molar-refractivity contribution in [3.63, 3.8) is 0 Å². The summed E-state index contributed by atoms with van der Waals surface area (Å²) in [6.45, 7) is 0. The highest BCUT2D eigenvalue weighted by molar-refractivity contribution is 6.23. The van der Waals surface area contributed by atoms with Crippen molar-refractivity contribution in [1.82, 2.24) is 4.90 Å². The van der Waals surface area contributed by atoms with E-state index < -0.39 is 35.2 Å². The molecule has 2 amide bonds. The Balaban J connectivity index is 1.98. The zero-order chi connectivity index (χ0) is 16.1. The average molecular weight is 303 g/mol. The lowest BCUT2D eigenvalue weighted by Crippen LogP contribution is -2.41. The monoisotopic (exact) mass is 303 g/mol. The fourth-order valence-corrected chi connectivity index (χ4v) is 2.94. The van der Waals surface area contributed by atoms with Crippen LogP contribution in [0.4, 0.5) is 0 Å². The third kappa shape index (κ3) is 1.62.